The Morgan fingerprint density at radius 1 is 1.05 bits per heavy atom. The third kappa shape index (κ3) is 5.28. The van der Waals surface area contributed by atoms with Gasteiger partial charge in [-0.3, -0.25) is 34.4 Å². The number of non-ortho nitro benzene ring substituents is 1. The summed E-state index contributed by atoms with van der Waals surface area (Å²) < 4.78 is 6.25. The van der Waals surface area contributed by atoms with Crippen molar-refractivity contribution in [3.05, 3.63) is 105 Å². The number of nitro benzene ring substituents is 1. The van der Waals surface area contributed by atoms with Crippen LogP contribution in [0.2, 0.25) is 0 Å². The molecule has 1 aromatic heterocycles. The largest absolute Gasteiger partial charge is 0.353 e. The van der Waals surface area contributed by atoms with E-state index in [1.165, 1.54) is 23.1 Å². The number of benzene rings is 2. The van der Waals surface area contributed by atoms with Crippen LogP contribution >= 0.6 is 0 Å². The predicted molar refractivity (Wildman–Crippen MR) is 144 cm³/mol. The van der Waals surface area contributed by atoms with Gasteiger partial charge in [-0.05, 0) is 36.8 Å². The molecule has 2 aromatic carbocycles. The fraction of sp³-hybridized carbons (Fsp3) is 0.310. The van der Waals surface area contributed by atoms with Crippen LogP contribution in [0.5, 0.6) is 0 Å². The van der Waals surface area contributed by atoms with E-state index < -0.39 is 16.7 Å². The summed E-state index contributed by atoms with van der Waals surface area (Å²) in [6.07, 6.45) is 2.22. The highest BCUT2D eigenvalue weighted by molar-refractivity contribution is 5.99. The van der Waals surface area contributed by atoms with Gasteiger partial charge in [0.1, 0.15) is 11.8 Å². The quantitative estimate of drug-likeness (QED) is 0.373. The van der Waals surface area contributed by atoms with Crippen LogP contribution in [0.15, 0.2) is 72.9 Å². The number of nitrogens with zero attached hydrogens (tertiary/aromatic N) is 4. The van der Waals surface area contributed by atoms with Crippen LogP contribution in [0.25, 0.3) is 0 Å². The number of hydrogen-bond acceptors (Lipinski definition) is 7. The molecule has 0 saturated carbocycles. The van der Waals surface area contributed by atoms with E-state index in [9.17, 15) is 24.5 Å². The van der Waals surface area contributed by atoms with Crippen molar-refractivity contribution >= 4 is 23.4 Å². The molecule has 3 heterocycles. The average Bonchev–Trinajstić information content (AvgIpc) is 3.34. The molecule has 1 atom stereocenters. The summed E-state index contributed by atoms with van der Waals surface area (Å²) in [5.41, 5.74) is 0.927. The van der Waals surface area contributed by atoms with Crippen molar-refractivity contribution in [3.63, 3.8) is 0 Å². The molecule has 2 saturated heterocycles. The second kappa shape index (κ2) is 11.2. The molecule has 11 nitrogen and oxygen atoms in total. The minimum Gasteiger partial charge on any atom is -0.353 e. The molecule has 206 valence electrons. The third-order valence-electron chi connectivity index (χ3n) is 7.46. The third-order valence-corrected chi connectivity index (χ3v) is 7.46. The zero-order chi connectivity index (χ0) is 28.3. The number of likely N-dealkylation sites (tertiary alicyclic amines) is 1. The van der Waals surface area contributed by atoms with Crippen molar-refractivity contribution in [3.8, 4) is 0 Å². The lowest BCUT2D eigenvalue weighted by atomic mass is 9.95. The van der Waals surface area contributed by atoms with Gasteiger partial charge in [0.2, 0.25) is 5.91 Å². The van der Waals surface area contributed by atoms with Crippen LogP contribution in [-0.4, -0.2) is 68.9 Å². The first kappa shape index (κ1) is 26.9. The lowest BCUT2D eigenvalue weighted by Gasteiger charge is -2.44. The van der Waals surface area contributed by atoms with Crippen molar-refractivity contribution in [2.45, 2.75) is 38.1 Å². The van der Waals surface area contributed by atoms with Crippen LogP contribution in [0, 0.1) is 17.0 Å². The van der Waals surface area contributed by atoms with E-state index >= 15 is 0 Å². The summed E-state index contributed by atoms with van der Waals surface area (Å²) in [4.78, 5) is 58.5. The summed E-state index contributed by atoms with van der Waals surface area (Å²) in [5.74, 6) is -0.996. The molecule has 40 heavy (non-hydrogen) atoms. The van der Waals surface area contributed by atoms with Crippen LogP contribution in [0.1, 0.15) is 44.8 Å². The van der Waals surface area contributed by atoms with Crippen molar-refractivity contribution in [2.75, 3.05) is 19.7 Å². The normalized spacial score (nSPS) is 18.0. The zero-order valence-corrected chi connectivity index (χ0v) is 22.0. The Balaban J connectivity index is 1.37. The number of carbonyl (C=O) groups is 3. The maximum Gasteiger partial charge on any atom is 0.270 e. The maximum atomic E-state index is 14.0. The Labute approximate surface area is 230 Å². The van der Waals surface area contributed by atoms with Gasteiger partial charge in [0.05, 0.1) is 23.8 Å². The monoisotopic (exact) mass is 543 g/mol. The van der Waals surface area contributed by atoms with Gasteiger partial charge in [-0.25, -0.2) is 0 Å². The van der Waals surface area contributed by atoms with Gasteiger partial charge in [-0.15, -0.1) is 0 Å². The van der Waals surface area contributed by atoms with Crippen LogP contribution in [0.3, 0.4) is 0 Å². The molecule has 5 rings (SSSR count). The Kier molecular flexibility index (Phi) is 7.56. The number of carbonyl (C=O) groups excluding carboxylic acids is 3. The summed E-state index contributed by atoms with van der Waals surface area (Å²) >= 11 is 0. The van der Waals surface area contributed by atoms with Gasteiger partial charge >= 0.3 is 0 Å². The molecule has 2 fully saturated rings. The van der Waals surface area contributed by atoms with E-state index in [-0.39, 0.29) is 68.1 Å². The summed E-state index contributed by atoms with van der Waals surface area (Å²) in [6, 6.07) is 17.4. The molecule has 1 N–H and O–H groups in total. The fourth-order valence-electron chi connectivity index (χ4n) is 5.30. The molecule has 2 aliphatic rings. The zero-order valence-electron chi connectivity index (χ0n) is 22.0. The first-order valence-corrected chi connectivity index (χ1v) is 13.0. The second-order valence-corrected chi connectivity index (χ2v) is 9.90. The topological polar surface area (TPSA) is 135 Å². The summed E-state index contributed by atoms with van der Waals surface area (Å²) in [6.45, 7) is 2.57. The molecule has 0 bridgehead atoms. The highest BCUT2D eigenvalue weighted by Crippen LogP contribution is 2.39. The van der Waals surface area contributed by atoms with E-state index in [1.54, 1.807) is 41.4 Å². The van der Waals surface area contributed by atoms with Crippen molar-refractivity contribution < 1.29 is 24.0 Å². The second-order valence-electron chi connectivity index (χ2n) is 9.90. The van der Waals surface area contributed by atoms with Gasteiger partial charge in [-0.1, -0.05) is 30.3 Å². The summed E-state index contributed by atoms with van der Waals surface area (Å²) in [7, 11) is 0. The molecule has 2 aliphatic heterocycles. The van der Waals surface area contributed by atoms with Gasteiger partial charge in [-0.2, -0.15) is 0 Å². The highest BCUT2D eigenvalue weighted by atomic mass is 16.6. The van der Waals surface area contributed by atoms with Crippen LogP contribution < -0.4 is 5.32 Å². The molecule has 3 amide bonds. The van der Waals surface area contributed by atoms with Gasteiger partial charge in [0.15, 0.2) is 0 Å². The molecular weight excluding hydrogens is 514 g/mol. The lowest BCUT2D eigenvalue weighted by molar-refractivity contribution is -0.384. The Morgan fingerprint density at radius 3 is 2.50 bits per heavy atom. The van der Waals surface area contributed by atoms with Crippen molar-refractivity contribution in [2.24, 2.45) is 0 Å². The van der Waals surface area contributed by atoms with Gasteiger partial charge in [0.25, 0.3) is 17.5 Å². The molecule has 11 heteroatoms. The lowest BCUT2D eigenvalue weighted by Crippen LogP contribution is -2.59. The molecule has 1 spiro atoms. The number of rotatable bonds is 6. The highest BCUT2D eigenvalue weighted by Gasteiger charge is 2.54. The van der Waals surface area contributed by atoms with Crippen LogP contribution in [-0.2, 0) is 16.1 Å². The van der Waals surface area contributed by atoms with E-state index in [2.05, 4.69) is 10.3 Å². The Morgan fingerprint density at radius 2 is 1.80 bits per heavy atom. The van der Waals surface area contributed by atoms with Crippen molar-refractivity contribution in [1.82, 2.24) is 20.1 Å². The van der Waals surface area contributed by atoms with Crippen LogP contribution in [0.4, 0.5) is 5.69 Å². The molecule has 0 aliphatic carbocycles. The summed E-state index contributed by atoms with van der Waals surface area (Å²) in [5, 5.41) is 14.0. The minimum absolute atomic E-state index is 0.0184. The first-order chi connectivity index (χ1) is 19.3. The molecule has 3 aromatic rings. The Bertz CT molecular complexity index is 1440. The number of aromatic nitrogens is 1. The van der Waals surface area contributed by atoms with E-state index in [0.29, 0.717) is 11.3 Å². The standard InChI is InChI=1S/C29H29N5O6/c1-20-7-2-3-11-24(20)28(37)33-25(26(35)31-18-22-9-4-5-14-30-22)19-40-29(33)12-15-32(16-13-29)27(36)21-8-6-10-23(17-21)34(38)39/h2-11,14,17,25H,12-13,15-16,18-19H2,1H3,(H,31,35)/t25-/m0/s1. The van der Waals surface area contributed by atoms with E-state index in [4.69, 9.17) is 4.74 Å². The maximum absolute atomic E-state index is 14.0. The number of ether oxygens (including phenoxy) is 1. The molecule has 0 radical (unpaired) electrons. The average molecular weight is 544 g/mol. The molecular formula is C29H29N5O6. The van der Waals surface area contributed by atoms with E-state index in [0.717, 1.165) is 5.56 Å². The minimum atomic E-state index is -1.08. The SMILES string of the molecule is Cc1ccccc1C(=O)N1[C@H](C(=O)NCc2ccccn2)COC12CCN(C(=O)c1cccc([N+](=O)[O-])c1)CC2. The number of piperidine rings is 1. The number of pyridine rings is 1. The molecule has 0 unspecified atom stereocenters. The van der Waals surface area contributed by atoms with E-state index in [1.807, 2.05) is 25.1 Å². The van der Waals surface area contributed by atoms with Gasteiger partial charge < -0.3 is 15.0 Å². The number of nitro groups is 1. The predicted octanol–water partition coefficient (Wildman–Crippen LogP) is 3.09. The number of hydrogen-bond donors (Lipinski definition) is 1. The van der Waals surface area contributed by atoms with Gasteiger partial charge in [0, 0.05) is 55.4 Å². The fourth-order valence-corrected chi connectivity index (χ4v) is 5.30. The van der Waals surface area contributed by atoms with Crippen molar-refractivity contribution in [1.29, 1.82) is 0 Å². The first-order valence-electron chi connectivity index (χ1n) is 13.0. The number of amides is 3. The Hall–Kier alpha value is -4.64. The smallest absolute Gasteiger partial charge is 0.270 e. The number of nitrogens with one attached hydrogen (secondary N) is 1. The number of aryl methyl sites for hydroxylation is 1.